The zero-order chi connectivity index (χ0) is 11.6. The number of halogens is 5. The van der Waals surface area contributed by atoms with Crippen molar-refractivity contribution < 1.29 is 22.0 Å². The lowest BCUT2D eigenvalue weighted by molar-refractivity contribution is 0.377. The van der Waals surface area contributed by atoms with Gasteiger partial charge in [0.25, 0.3) is 0 Å². The Kier molecular flexibility index (Phi) is 3.39. The van der Waals surface area contributed by atoms with E-state index in [2.05, 4.69) is 4.99 Å². The summed E-state index contributed by atoms with van der Waals surface area (Å²) in [4.78, 5) is 3.41. The molecule has 0 atom stereocenters. The summed E-state index contributed by atoms with van der Waals surface area (Å²) in [5, 5.41) is 0. The predicted molar refractivity (Wildman–Crippen MR) is 44.4 cm³/mol. The molecule has 0 unspecified atom stereocenters. The molecule has 1 aromatic carbocycles. The minimum absolute atomic E-state index is 0.180. The van der Waals surface area contributed by atoms with Gasteiger partial charge >= 0.3 is 0 Å². The molecule has 1 aromatic rings. The second-order valence-electron chi connectivity index (χ2n) is 2.61. The van der Waals surface area contributed by atoms with Gasteiger partial charge in [-0.05, 0) is 6.92 Å². The van der Waals surface area contributed by atoms with Crippen LogP contribution in [0.3, 0.4) is 0 Å². The van der Waals surface area contributed by atoms with Gasteiger partial charge in [-0.1, -0.05) is 0 Å². The van der Waals surface area contributed by atoms with Crippen LogP contribution in [-0.4, -0.2) is 12.8 Å². The number of aliphatic imine (C=N–C) groups is 1. The molecule has 0 heterocycles. The second kappa shape index (κ2) is 4.37. The van der Waals surface area contributed by atoms with E-state index in [0.29, 0.717) is 6.21 Å². The van der Waals surface area contributed by atoms with Gasteiger partial charge < -0.3 is 0 Å². The van der Waals surface area contributed by atoms with Gasteiger partial charge in [0.15, 0.2) is 23.3 Å². The van der Waals surface area contributed by atoms with Gasteiger partial charge in [0.05, 0.1) is 5.56 Å². The molecule has 82 valence electrons. The van der Waals surface area contributed by atoms with Crippen molar-refractivity contribution in [2.75, 3.05) is 6.54 Å². The summed E-state index contributed by atoms with van der Waals surface area (Å²) in [6.07, 6.45) is 0.621. The summed E-state index contributed by atoms with van der Waals surface area (Å²) in [5.74, 6) is -9.84. The van der Waals surface area contributed by atoms with Gasteiger partial charge in [0, 0.05) is 12.8 Å². The lowest BCUT2D eigenvalue weighted by Crippen LogP contribution is -2.06. The lowest BCUT2D eigenvalue weighted by Gasteiger charge is -2.03. The fourth-order valence-electron chi connectivity index (χ4n) is 0.918. The van der Waals surface area contributed by atoms with E-state index in [0.717, 1.165) is 0 Å². The van der Waals surface area contributed by atoms with E-state index >= 15 is 0 Å². The monoisotopic (exact) mass is 223 g/mol. The highest BCUT2D eigenvalue weighted by molar-refractivity contribution is 5.80. The van der Waals surface area contributed by atoms with Crippen LogP contribution in [0.1, 0.15) is 12.5 Å². The van der Waals surface area contributed by atoms with Crippen LogP contribution in [0.2, 0.25) is 0 Å². The van der Waals surface area contributed by atoms with Gasteiger partial charge in [-0.15, -0.1) is 0 Å². The number of rotatable bonds is 2. The Labute approximate surface area is 82.2 Å². The summed E-state index contributed by atoms with van der Waals surface area (Å²) >= 11 is 0. The van der Waals surface area contributed by atoms with Gasteiger partial charge in [-0.2, -0.15) is 0 Å². The standard InChI is InChI=1S/C9H6F5N/c1-2-15-3-4-5(10)7(12)9(14)8(13)6(4)11/h3H,2H2,1H3/b15-3+. The largest absolute Gasteiger partial charge is 0.293 e. The van der Waals surface area contributed by atoms with Crippen molar-refractivity contribution in [1.29, 1.82) is 0 Å². The Balaban J connectivity index is 3.45. The van der Waals surface area contributed by atoms with Crippen LogP contribution in [-0.2, 0) is 0 Å². The number of hydrogen-bond donors (Lipinski definition) is 0. The average molecular weight is 223 g/mol. The fourth-order valence-corrected chi connectivity index (χ4v) is 0.918. The van der Waals surface area contributed by atoms with Gasteiger partial charge in [0.2, 0.25) is 5.82 Å². The summed E-state index contributed by atoms with van der Waals surface area (Å²) < 4.78 is 63.6. The van der Waals surface area contributed by atoms with Gasteiger partial charge in [0.1, 0.15) is 0 Å². The first-order chi connectivity index (χ1) is 7.00. The molecule has 0 N–H and O–H groups in total. The molecule has 0 saturated carbocycles. The molecule has 0 aliphatic heterocycles. The topological polar surface area (TPSA) is 12.4 Å². The average Bonchev–Trinajstić information content (AvgIpc) is 2.24. The van der Waals surface area contributed by atoms with E-state index in [1.807, 2.05) is 0 Å². The van der Waals surface area contributed by atoms with Crippen molar-refractivity contribution in [2.45, 2.75) is 6.92 Å². The summed E-state index contributed by atoms with van der Waals surface area (Å²) in [5.41, 5.74) is -1.02. The molecule has 1 nitrogen and oxygen atoms in total. The highest BCUT2D eigenvalue weighted by Crippen LogP contribution is 2.21. The molecule has 0 fully saturated rings. The second-order valence-corrected chi connectivity index (χ2v) is 2.61. The zero-order valence-electron chi connectivity index (χ0n) is 7.62. The van der Waals surface area contributed by atoms with Crippen molar-refractivity contribution in [2.24, 2.45) is 4.99 Å². The third kappa shape index (κ3) is 1.98. The first-order valence-electron chi connectivity index (χ1n) is 4.02. The van der Waals surface area contributed by atoms with Crippen molar-refractivity contribution in [3.8, 4) is 0 Å². The Bertz CT molecular complexity index is 384. The molecular weight excluding hydrogens is 217 g/mol. The normalized spacial score (nSPS) is 11.3. The van der Waals surface area contributed by atoms with Crippen molar-refractivity contribution in [1.82, 2.24) is 0 Å². The molecule has 6 heteroatoms. The zero-order valence-corrected chi connectivity index (χ0v) is 7.62. The first kappa shape index (κ1) is 11.6. The minimum atomic E-state index is -2.17. The van der Waals surface area contributed by atoms with E-state index in [1.165, 1.54) is 0 Å². The van der Waals surface area contributed by atoms with Crippen LogP contribution in [0.4, 0.5) is 22.0 Å². The number of nitrogens with zero attached hydrogens (tertiary/aromatic N) is 1. The van der Waals surface area contributed by atoms with Crippen molar-refractivity contribution >= 4 is 6.21 Å². The van der Waals surface area contributed by atoms with Gasteiger partial charge in [-0.3, -0.25) is 4.99 Å². The van der Waals surface area contributed by atoms with E-state index in [9.17, 15) is 22.0 Å². The fraction of sp³-hybridized carbons (Fsp3) is 0.222. The Morgan fingerprint density at radius 1 is 0.867 bits per heavy atom. The summed E-state index contributed by atoms with van der Waals surface area (Å²) in [6.45, 7) is 1.74. The number of benzene rings is 1. The lowest BCUT2D eigenvalue weighted by atomic mass is 10.2. The van der Waals surface area contributed by atoms with E-state index in [1.54, 1.807) is 6.92 Å². The molecule has 0 saturated heterocycles. The van der Waals surface area contributed by atoms with Crippen molar-refractivity contribution in [3.05, 3.63) is 34.6 Å². The van der Waals surface area contributed by atoms with E-state index in [4.69, 9.17) is 0 Å². The maximum Gasteiger partial charge on any atom is 0.200 e. The summed E-state index contributed by atoms with van der Waals surface area (Å²) in [6, 6.07) is 0. The molecule has 0 spiro atoms. The molecule has 0 aliphatic rings. The Hall–Kier alpha value is -1.46. The predicted octanol–water partition coefficient (Wildman–Crippen LogP) is 2.82. The number of hydrogen-bond acceptors (Lipinski definition) is 1. The maximum atomic E-state index is 12.9. The molecule has 0 bridgehead atoms. The van der Waals surface area contributed by atoms with Crippen LogP contribution in [0.5, 0.6) is 0 Å². The third-order valence-corrected chi connectivity index (χ3v) is 1.65. The van der Waals surface area contributed by atoms with E-state index in [-0.39, 0.29) is 6.54 Å². The van der Waals surface area contributed by atoms with E-state index < -0.39 is 34.6 Å². The van der Waals surface area contributed by atoms with Crippen molar-refractivity contribution in [3.63, 3.8) is 0 Å². The molecule has 1 rings (SSSR count). The molecule has 0 aromatic heterocycles. The summed E-state index contributed by atoms with van der Waals surface area (Å²) in [7, 11) is 0. The van der Waals surface area contributed by atoms with Crippen LogP contribution in [0.15, 0.2) is 4.99 Å². The highest BCUT2D eigenvalue weighted by atomic mass is 19.2. The first-order valence-corrected chi connectivity index (χ1v) is 4.02. The Morgan fingerprint density at radius 3 is 1.67 bits per heavy atom. The maximum absolute atomic E-state index is 12.9. The van der Waals surface area contributed by atoms with Crippen LogP contribution >= 0.6 is 0 Å². The SMILES string of the molecule is CC/N=C/c1c(F)c(F)c(F)c(F)c1F. The van der Waals surface area contributed by atoms with Crippen LogP contribution in [0, 0.1) is 29.1 Å². The molecule has 15 heavy (non-hydrogen) atoms. The Morgan fingerprint density at radius 2 is 1.27 bits per heavy atom. The quantitative estimate of drug-likeness (QED) is 0.316. The molecular formula is C9H6F5N. The molecule has 0 radical (unpaired) electrons. The third-order valence-electron chi connectivity index (χ3n) is 1.65. The smallest absolute Gasteiger partial charge is 0.200 e. The highest BCUT2D eigenvalue weighted by Gasteiger charge is 2.24. The van der Waals surface area contributed by atoms with Crippen LogP contribution in [0.25, 0.3) is 0 Å². The van der Waals surface area contributed by atoms with Gasteiger partial charge in [-0.25, -0.2) is 22.0 Å². The molecule has 0 aliphatic carbocycles. The van der Waals surface area contributed by atoms with Crippen LogP contribution < -0.4 is 0 Å². The molecule has 0 amide bonds. The minimum Gasteiger partial charge on any atom is -0.293 e.